The number of carbonyl (C=O) groups excluding carboxylic acids is 2. The van der Waals surface area contributed by atoms with Gasteiger partial charge in [-0.25, -0.2) is 5.48 Å². The fourth-order valence-corrected chi connectivity index (χ4v) is 4.51. The monoisotopic (exact) mass is 408 g/mol. The number of benzene rings is 2. The van der Waals surface area contributed by atoms with Crippen LogP contribution in [0.2, 0.25) is 0 Å². The predicted octanol–water partition coefficient (Wildman–Crippen LogP) is 3.48. The Hall–Kier alpha value is -2.86. The molecular formula is C24H28N2O4. The van der Waals surface area contributed by atoms with Crippen molar-refractivity contribution in [2.75, 3.05) is 0 Å². The van der Waals surface area contributed by atoms with Crippen LogP contribution in [0.4, 0.5) is 0 Å². The molecule has 2 saturated carbocycles. The Balaban J connectivity index is 1.48. The molecule has 158 valence electrons. The van der Waals surface area contributed by atoms with Gasteiger partial charge in [-0.1, -0.05) is 61.7 Å². The lowest BCUT2D eigenvalue weighted by molar-refractivity contribution is -0.133. The van der Waals surface area contributed by atoms with Gasteiger partial charge in [0.2, 0.25) is 11.8 Å². The van der Waals surface area contributed by atoms with E-state index >= 15 is 0 Å². The van der Waals surface area contributed by atoms with Crippen molar-refractivity contribution in [3.05, 3.63) is 65.7 Å². The van der Waals surface area contributed by atoms with E-state index in [0.29, 0.717) is 18.8 Å². The van der Waals surface area contributed by atoms with E-state index in [1.807, 2.05) is 54.6 Å². The van der Waals surface area contributed by atoms with E-state index in [1.54, 1.807) is 5.48 Å². The molecule has 0 aromatic heterocycles. The lowest BCUT2D eigenvalue weighted by Crippen LogP contribution is -2.44. The maximum absolute atomic E-state index is 13.2. The Bertz CT molecular complexity index is 878. The molecule has 3 N–H and O–H groups in total. The zero-order valence-corrected chi connectivity index (χ0v) is 17.0. The first-order chi connectivity index (χ1) is 14.6. The Morgan fingerprint density at radius 3 is 2.37 bits per heavy atom. The highest BCUT2D eigenvalue weighted by Gasteiger charge is 2.64. The molecule has 0 heterocycles. The van der Waals surface area contributed by atoms with E-state index < -0.39 is 17.2 Å². The number of amides is 2. The van der Waals surface area contributed by atoms with E-state index in [2.05, 4.69) is 5.32 Å². The number of hydroxylamine groups is 1. The average molecular weight is 408 g/mol. The second-order valence-electron chi connectivity index (χ2n) is 8.31. The lowest BCUT2D eigenvalue weighted by atomic mass is 9.89. The molecule has 0 unspecified atom stereocenters. The van der Waals surface area contributed by atoms with Gasteiger partial charge in [-0.15, -0.1) is 0 Å². The third kappa shape index (κ3) is 4.19. The number of hydrogen-bond acceptors (Lipinski definition) is 4. The van der Waals surface area contributed by atoms with Crippen molar-refractivity contribution < 1.29 is 19.5 Å². The van der Waals surface area contributed by atoms with Crippen molar-refractivity contribution >= 4 is 11.8 Å². The second kappa shape index (κ2) is 8.88. The summed E-state index contributed by atoms with van der Waals surface area (Å²) in [5.41, 5.74) is 2.64. The fourth-order valence-electron chi connectivity index (χ4n) is 4.51. The molecule has 2 amide bonds. The zero-order chi connectivity index (χ0) is 21.0. The van der Waals surface area contributed by atoms with Gasteiger partial charge in [0.15, 0.2) is 0 Å². The van der Waals surface area contributed by atoms with E-state index in [-0.39, 0.29) is 11.9 Å². The minimum Gasteiger partial charge on any atom is -0.489 e. The van der Waals surface area contributed by atoms with Crippen LogP contribution < -0.4 is 15.5 Å². The number of nitrogens with one attached hydrogen (secondary N) is 2. The summed E-state index contributed by atoms with van der Waals surface area (Å²) in [4.78, 5) is 25.3. The summed E-state index contributed by atoms with van der Waals surface area (Å²) in [5, 5.41) is 12.3. The summed E-state index contributed by atoms with van der Waals surface area (Å²) < 4.78 is 5.84. The van der Waals surface area contributed by atoms with Gasteiger partial charge in [0.05, 0.1) is 11.3 Å². The van der Waals surface area contributed by atoms with Gasteiger partial charge >= 0.3 is 0 Å². The Morgan fingerprint density at radius 2 is 1.70 bits per heavy atom. The quantitative estimate of drug-likeness (QED) is 0.484. The molecule has 0 bridgehead atoms. The van der Waals surface area contributed by atoms with E-state index in [0.717, 1.165) is 36.8 Å². The van der Waals surface area contributed by atoms with E-state index in [4.69, 9.17) is 9.94 Å². The van der Waals surface area contributed by atoms with Crippen LogP contribution in [0.25, 0.3) is 0 Å². The van der Waals surface area contributed by atoms with Crippen LogP contribution in [0.3, 0.4) is 0 Å². The smallest absolute Gasteiger partial charge is 0.247 e. The molecule has 4 rings (SSSR count). The maximum atomic E-state index is 13.2. The number of ether oxygens (including phenoxy) is 1. The maximum Gasteiger partial charge on any atom is 0.247 e. The summed E-state index contributed by atoms with van der Waals surface area (Å²) in [6.45, 7) is 0.461. The van der Waals surface area contributed by atoms with E-state index in [1.165, 1.54) is 6.42 Å². The average Bonchev–Trinajstić information content (AvgIpc) is 3.56. The molecule has 2 fully saturated rings. The molecule has 2 atom stereocenters. The standard InChI is InChI=1S/C24H28N2O4/c27-22(26-29)21-15-24(21,23(28)25-19-9-5-2-6-10-19)18-11-13-20(14-12-18)30-16-17-7-3-1-4-8-17/h1,3-4,7-8,11-14,19,21,29H,2,5-6,9-10,15-16H2,(H,25,28)(H,26,27)/t21-,24-/m0/s1. The van der Waals surface area contributed by atoms with Crippen LogP contribution in [-0.2, 0) is 21.6 Å². The summed E-state index contributed by atoms with van der Waals surface area (Å²) in [7, 11) is 0. The van der Waals surface area contributed by atoms with Crippen LogP contribution in [0, 0.1) is 5.92 Å². The lowest BCUT2D eigenvalue weighted by Gasteiger charge is -2.26. The van der Waals surface area contributed by atoms with Crippen LogP contribution in [0.5, 0.6) is 5.75 Å². The minimum atomic E-state index is -0.928. The molecule has 6 nitrogen and oxygen atoms in total. The number of carbonyl (C=O) groups is 2. The van der Waals surface area contributed by atoms with Crippen molar-refractivity contribution in [1.29, 1.82) is 0 Å². The zero-order valence-electron chi connectivity index (χ0n) is 17.0. The van der Waals surface area contributed by atoms with Crippen LogP contribution in [0.1, 0.15) is 49.7 Å². The first-order valence-electron chi connectivity index (χ1n) is 10.7. The third-order valence-corrected chi connectivity index (χ3v) is 6.35. The van der Waals surface area contributed by atoms with Gasteiger partial charge in [0.25, 0.3) is 0 Å². The van der Waals surface area contributed by atoms with Crippen molar-refractivity contribution in [1.82, 2.24) is 10.8 Å². The molecule has 2 aromatic rings. The molecule has 30 heavy (non-hydrogen) atoms. The highest BCUT2D eigenvalue weighted by atomic mass is 16.5. The van der Waals surface area contributed by atoms with E-state index in [9.17, 15) is 9.59 Å². The normalized spacial score (nSPS) is 23.4. The largest absolute Gasteiger partial charge is 0.489 e. The SMILES string of the molecule is O=C(NO)[C@@H]1C[C@]1(C(=O)NC1CCCCC1)c1ccc(OCc2ccccc2)cc1. The fraction of sp³-hybridized carbons (Fsp3) is 0.417. The van der Waals surface area contributed by atoms with Gasteiger partial charge in [-0.05, 0) is 42.5 Å². The molecule has 2 aliphatic rings. The van der Waals surface area contributed by atoms with Crippen molar-refractivity contribution in [2.24, 2.45) is 5.92 Å². The highest BCUT2D eigenvalue weighted by molar-refractivity contribution is 6.00. The van der Waals surface area contributed by atoms with Crippen LogP contribution >= 0.6 is 0 Å². The van der Waals surface area contributed by atoms with Crippen LogP contribution in [0.15, 0.2) is 54.6 Å². The summed E-state index contributed by atoms with van der Waals surface area (Å²) in [6, 6.07) is 17.4. The van der Waals surface area contributed by atoms with Crippen molar-refractivity contribution in [2.45, 2.75) is 56.6 Å². The summed E-state index contributed by atoms with van der Waals surface area (Å²) in [5.74, 6) is -0.504. The summed E-state index contributed by atoms with van der Waals surface area (Å²) >= 11 is 0. The Labute approximate surface area is 176 Å². The van der Waals surface area contributed by atoms with Crippen molar-refractivity contribution in [3.63, 3.8) is 0 Å². The molecular weight excluding hydrogens is 380 g/mol. The number of rotatable bonds is 7. The Kier molecular flexibility index (Phi) is 6.04. The van der Waals surface area contributed by atoms with Crippen LogP contribution in [-0.4, -0.2) is 23.1 Å². The molecule has 2 aliphatic carbocycles. The summed E-state index contributed by atoms with van der Waals surface area (Å²) in [6.07, 6.45) is 5.79. The van der Waals surface area contributed by atoms with Gasteiger partial charge in [-0.3, -0.25) is 14.8 Å². The van der Waals surface area contributed by atoms with Gasteiger partial charge < -0.3 is 10.1 Å². The molecule has 0 spiro atoms. The number of hydrogen-bond donors (Lipinski definition) is 3. The first kappa shape index (κ1) is 20.4. The highest BCUT2D eigenvalue weighted by Crippen LogP contribution is 2.55. The first-order valence-corrected chi connectivity index (χ1v) is 10.7. The molecule has 0 radical (unpaired) electrons. The molecule has 2 aromatic carbocycles. The molecule has 0 aliphatic heterocycles. The third-order valence-electron chi connectivity index (χ3n) is 6.35. The molecule has 6 heteroatoms. The van der Waals surface area contributed by atoms with Gasteiger partial charge in [0.1, 0.15) is 12.4 Å². The van der Waals surface area contributed by atoms with Gasteiger partial charge in [-0.2, -0.15) is 0 Å². The Morgan fingerprint density at radius 1 is 1.00 bits per heavy atom. The van der Waals surface area contributed by atoms with Crippen molar-refractivity contribution in [3.8, 4) is 5.75 Å². The predicted molar refractivity (Wildman–Crippen MR) is 112 cm³/mol. The van der Waals surface area contributed by atoms with Gasteiger partial charge in [0, 0.05) is 6.04 Å². The minimum absolute atomic E-state index is 0.124. The molecule has 0 saturated heterocycles. The second-order valence-corrected chi connectivity index (χ2v) is 8.31. The topological polar surface area (TPSA) is 87.7 Å².